The van der Waals surface area contributed by atoms with Gasteiger partial charge in [-0.3, -0.25) is 9.10 Å². The molecule has 1 amide bonds. The Labute approximate surface area is 185 Å². The molecule has 2 atom stereocenters. The van der Waals surface area contributed by atoms with Crippen LogP contribution >= 0.6 is 0 Å². The number of sulfonamides is 1. The van der Waals surface area contributed by atoms with Crippen molar-refractivity contribution in [3.05, 3.63) is 59.2 Å². The van der Waals surface area contributed by atoms with Crippen molar-refractivity contribution in [1.82, 2.24) is 5.32 Å². The van der Waals surface area contributed by atoms with Crippen molar-refractivity contribution >= 4 is 21.6 Å². The van der Waals surface area contributed by atoms with Crippen molar-refractivity contribution in [2.75, 3.05) is 10.6 Å². The molecule has 168 valence electrons. The maximum Gasteiger partial charge on any atom is 0.244 e. The van der Waals surface area contributed by atoms with E-state index >= 15 is 0 Å². The zero-order valence-corrected chi connectivity index (χ0v) is 19.9. The molecule has 0 saturated carbocycles. The molecule has 0 aromatic heterocycles. The lowest BCUT2D eigenvalue weighted by atomic mass is 9.89. The van der Waals surface area contributed by atoms with E-state index in [9.17, 15) is 13.2 Å². The summed E-state index contributed by atoms with van der Waals surface area (Å²) >= 11 is 0. The Morgan fingerprint density at radius 3 is 2.39 bits per heavy atom. The number of hydrogen-bond acceptors (Lipinski definition) is 4. The second kappa shape index (κ2) is 8.54. The van der Waals surface area contributed by atoms with Gasteiger partial charge in [-0.2, -0.15) is 0 Å². The van der Waals surface area contributed by atoms with E-state index < -0.39 is 21.7 Å². The number of aryl methyl sites for hydroxylation is 2. The first kappa shape index (κ1) is 23.1. The van der Waals surface area contributed by atoms with Crippen molar-refractivity contribution in [2.45, 2.75) is 65.1 Å². The van der Waals surface area contributed by atoms with Crippen LogP contribution in [0.25, 0.3) is 0 Å². The van der Waals surface area contributed by atoms with E-state index in [1.165, 1.54) is 4.31 Å². The Bertz CT molecular complexity index is 1060. The number of ether oxygens (including phenoxy) is 1. The van der Waals surface area contributed by atoms with Crippen LogP contribution in [0.4, 0.5) is 5.69 Å². The summed E-state index contributed by atoms with van der Waals surface area (Å²) in [7, 11) is -3.68. The highest BCUT2D eigenvalue weighted by Crippen LogP contribution is 2.39. The fourth-order valence-corrected chi connectivity index (χ4v) is 5.53. The van der Waals surface area contributed by atoms with E-state index in [1.807, 2.05) is 65.0 Å². The first-order valence-corrected chi connectivity index (χ1v) is 12.4. The van der Waals surface area contributed by atoms with Crippen LogP contribution in [0.3, 0.4) is 0 Å². The lowest BCUT2D eigenvalue weighted by molar-refractivity contribution is -0.123. The van der Waals surface area contributed by atoms with Crippen molar-refractivity contribution in [1.29, 1.82) is 0 Å². The van der Waals surface area contributed by atoms with Gasteiger partial charge >= 0.3 is 0 Å². The predicted octanol–water partition coefficient (Wildman–Crippen LogP) is 4.27. The van der Waals surface area contributed by atoms with Gasteiger partial charge < -0.3 is 10.1 Å². The number of hydrogen-bond donors (Lipinski definition) is 1. The fourth-order valence-electron chi connectivity index (χ4n) is 4.34. The highest BCUT2D eigenvalue weighted by atomic mass is 32.2. The molecule has 2 aromatic carbocycles. The van der Waals surface area contributed by atoms with Crippen molar-refractivity contribution in [2.24, 2.45) is 0 Å². The van der Waals surface area contributed by atoms with E-state index in [4.69, 9.17) is 4.74 Å². The molecule has 31 heavy (non-hydrogen) atoms. The topological polar surface area (TPSA) is 75.7 Å². The van der Waals surface area contributed by atoms with Gasteiger partial charge in [0.25, 0.3) is 0 Å². The van der Waals surface area contributed by atoms with Crippen LogP contribution in [0.2, 0.25) is 0 Å². The number of carbonyl (C=O) groups excluding carboxylic acids is 1. The Hall–Kier alpha value is -2.54. The predicted molar refractivity (Wildman–Crippen MR) is 124 cm³/mol. The lowest BCUT2D eigenvalue weighted by Gasteiger charge is -2.39. The molecule has 1 N–H and O–H groups in total. The molecular weight excluding hydrogens is 412 g/mol. The highest BCUT2D eigenvalue weighted by molar-refractivity contribution is 7.92. The third-order valence-electron chi connectivity index (χ3n) is 5.48. The number of amides is 1. The molecule has 1 aliphatic heterocycles. The molecule has 6 nitrogen and oxygen atoms in total. The molecular formula is C24H32N2O4S. The first-order valence-electron chi connectivity index (χ1n) is 10.6. The number of nitrogens with one attached hydrogen (secondary N) is 1. The van der Waals surface area contributed by atoms with Gasteiger partial charge in [-0.1, -0.05) is 31.2 Å². The van der Waals surface area contributed by atoms with Gasteiger partial charge in [-0.25, -0.2) is 8.42 Å². The molecule has 1 heterocycles. The van der Waals surface area contributed by atoms with E-state index in [1.54, 1.807) is 12.1 Å². The van der Waals surface area contributed by atoms with E-state index in [0.717, 1.165) is 28.7 Å². The summed E-state index contributed by atoms with van der Waals surface area (Å²) in [6.07, 6.45) is 2.09. The molecule has 2 aromatic rings. The largest absolute Gasteiger partial charge is 0.487 e. The smallest absolute Gasteiger partial charge is 0.244 e. The molecule has 0 bridgehead atoms. The molecule has 0 aliphatic carbocycles. The molecule has 1 aliphatic rings. The minimum Gasteiger partial charge on any atom is -0.487 e. The average Bonchev–Trinajstić information content (AvgIpc) is 2.63. The third kappa shape index (κ3) is 5.21. The van der Waals surface area contributed by atoms with Crippen molar-refractivity contribution in [3.8, 4) is 5.75 Å². The van der Waals surface area contributed by atoms with Gasteiger partial charge in [0.05, 0.1) is 18.0 Å². The lowest BCUT2D eigenvalue weighted by Crippen LogP contribution is -2.51. The summed E-state index contributed by atoms with van der Waals surface area (Å²) in [6, 6.07) is 12.1. The van der Waals surface area contributed by atoms with Crippen LogP contribution in [0.5, 0.6) is 5.75 Å². The summed E-state index contributed by atoms with van der Waals surface area (Å²) < 4.78 is 32.9. The Kier molecular flexibility index (Phi) is 6.37. The number of nitrogens with zero attached hydrogens (tertiary/aromatic N) is 1. The number of carbonyl (C=O) groups is 1. The summed E-state index contributed by atoms with van der Waals surface area (Å²) in [5.41, 5.74) is 2.85. The number of benzene rings is 2. The maximum absolute atomic E-state index is 13.4. The van der Waals surface area contributed by atoms with Crippen molar-refractivity contribution < 1.29 is 17.9 Å². The Balaban J connectivity index is 1.96. The van der Waals surface area contributed by atoms with Crippen LogP contribution in [0.15, 0.2) is 42.5 Å². The van der Waals surface area contributed by atoms with Gasteiger partial charge in [0.2, 0.25) is 15.9 Å². The molecule has 0 radical (unpaired) electrons. The monoisotopic (exact) mass is 444 g/mol. The van der Waals surface area contributed by atoms with Gasteiger partial charge in [0, 0.05) is 12.0 Å². The fraction of sp³-hybridized carbons (Fsp3) is 0.458. The number of anilines is 1. The second-order valence-corrected chi connectivity index (χ2v) is 10.9. The quantitative estimate of drug-likeness (QED) is 0.722. The van der Waals surface area contributed by atoms with Gasteiger partial charge in [-0.15, -0.1) is 0 Å². The SMILES string of the molecule is CC[C@@H](C(=O)N[C@@H]1CC(C)(C)Oc2ccccc21)N(c1cc(C)cc(C)c1)S(C)(=O)=O. The molecule has 0 unspecified atom stereocenters. The van der Waals surface area contributed by atoms with Crippen LogP contribution in [-0.4, -0.2) is 32.2 Å². The number of rotatable bonds is 6. The molecule has 7 heteroatoms. The summed E-state index contributed by atoms with van der Waals surface area (Å²) in [6.45, 7) is 9.63. The summed E-state index contributed by atoms with van der Waals surface area (Å²) in [5, 5.41) is 3.11. The normalized spacial score (nSPS) is 18.5. The molecule has 0 spiro atoms. The summed E-state index contributed by atoms with van der Waals surface area (Å²) in [5.74, 6) is 0.427. The standard InChI is InChI=1S/C24H32N2O4S/c1-7-21(26(31(6,28)29)18-13-16(2)12-17(3)14-18)23(27)25-20-15-24(4,5)30-22-11-9-8-10-19(20)22/h8-14,20-21H,7,15H2,1-6H3,(H,25,27)/t20-,21+/m1/s1. The number of para-hydroxylation sites is 1. The third-order valence-corrected chi connectivity index (χ3v) is 6.66. The van der Waals surface area contributed by atoms with E-state index in [0.29, 0.717) is 18.5 Å². The first-order chi connectivity index (χ1) is 14.4. The van der Waals surface area contributed by atoms with Gasteiger partial charge in [0.15, 0.2) is 0 Å². The van der Waals surface area contributed by atoms with E-state index in [2.05, 4.69) is 5.32 Å². The maximum atomic E-state index is 13.4. The second-order valence-electron chi connectivity index (χ2n) is 8.99. The van der Waals surface area contributed by atoms with Crippen LogP contribution in [-0.2, 0) is 14.8 Å². The van der Waals surface area contributed by atoms with Crippen LogP contribution in [0, 0.1) is 13.8 Å². The molecule has 0 fully saturated rings. The van der Waals surface area contributed by atoms with Crippen LogP contribution < -0.4 is 14.4 Å². The zero-order valence-electron chi connectivity index (χ0n) is 19.1. The Morgan fingerprint density at radius 1 is 1.19 bits per heavy atom. The Morgan fingerprint density at radius 2 is 1.81 bits per heavy atom. The minimum absolute atomic E-state index is 0.262. The van der Waals surface area contributed by atoms with Crippen LogP contribution in [0.1, 0.15) is 56.3 Å². The van der Waals surface area contributed by atoms with Crippen molar-refractivity contribution in [3.63, 3.8) is 0 Å². The van der Waals surface area contributed by atoms with Gasteiger partial charge in [-0.05, 0) is 63.4 Å². The van der Waals surface area contributed by atoms with E-state index in [-0.39, 0.29) is 11.9 Å². The molecule has 0 saturated heterocycles. The average molecular weight is 445 g/mol. The minimum atomic E-state index is -3.68. The highest BCUT2D eigenvalue weighted by Gasteiger charge is 2.37. The number of fused-ring (bicyclic) bond motifs is 1. The summed E-state index contributed by atoms with van der Waals surface area (Å²) in [4.78, 5) is 13.4. The van der Waals surface area contributed by atoms with Gasteiger partial charge in [0.1, 0.15) is 17.4 Å². The zero-order chi connectivity index (χ0) is 23.0. The molecule has 3 rings (SSSR count).